The Balaban J connectivity index is 2.58. The van der Waals surface area contributed by atoms with Crippen molar-refractivity contribution >= 4 is 39.2 Å². The second kappa shape index (κ2) is 6.27. The minimum atomic E-state index is -4.39. The minimum absolute atomic E-state index is 0.233. The number of hydrogen-bond acceptors (Lipinski definition) is 4. The lowest BCUT2D eigenvalue weighted by Gasteiger charge is -2.06. The molecule has 7 heteroatoms. The second-order valence-electron chi connectivity index (χ2n) is 4.12. The predicted octanol–water partition coefficient (Wildman–Crippen LogP) is 5.21. The van der Waals surface area contributed by atoms with Crippen molar-refractivity contribution in [3.05, 3.63) is 28.6 Å². The zero-order valence-electron chi connectivity index (χ0n) is 11.4. The second-order valence-corrected chi connectivity index (χ2v) is 6.45. The molecule has 0 N–H and O–H groups in total. The molecule has 1 aromatic carbocycles. The first-order chi connectivity index (χ1) is 9.88. The third-order valence-corrected chi connectivity index (χ3v) is 4.98. The van der Waals surface area contributed by atoms with Crippen molar-refractivity contribution in [1.82, 2.24) is 0 Å². The highest BCUT2D eigenvalue weighted by Crippen LogP contribution is 2.41. The highest BCUT2D eigenvalue weighted by Gasteiger charge is 2.31. The van der Waals surface area contributed by atoms with Gasteiger partial charge in [0.15, 0.2) is 0 Å². The van der Waals surface area contributed by atoms with Crippen molar-refractivity contribution in [3.63, 3.8) is 0 Å². The van der Waals surface area contributed by atoms with Gasteiger partial charge in [0.2, 0.25) is 0 Å². The number of rotatable bonds is 4. The number of benzene rings is 1. The molecule has 0 atom stereocenters. The maximum absolute atomic E-state index is 12.8. The zero-order chi connectivity index (χ0) is 15.6. The number of ether oxygens (including phenoxy) is 1. The van der Waals surface area contributed by atoms with Gasteiger partial charge in [-0.15, -0.1) is 23.1 Å². The zero-order valence-corrected chi connectivity index (χ0v) is 13.0. The Labute approximate surface area is 128 Å². The van der Waals surface area contributed by atoms with E-state index in [4.69, 9.17) is 4.74 Å². The van der Waals surface area contributed by atoms with E-state index in [-0.39, 0.29) is 6.61 Å². The summed E-state index contributed by atoms with van der Waals surface area (Å²) in [7, 11) is 0. The van der Waals surface area contributed by atoms with Crippen LogP contribution in [0.15, 0.2) is 23.1 Å². The van der Waals surface area contributed by atoms with Crippen molar-refractivity contribution < 1.29 is 22.7 Å². The number of carbonyl (C=O) groups is 1. The molecule has 0 unspecified atom stereocenters. The summed E-state index contributed by atoms with van der Waals surface area (Å²) in [6, 6.07) is 3.56. The SMILES string of the molecule is CCOC(=O)c1sc2cc(C(F)(F)F)ccc2c1SCC. The molecule has 0 bridgehead atoms. The van der Waals surface area contributed by atoms with E-state index in [2.05, 4.69) is 0 Å². The first kappa shape index (κ1) is 16.2. The minimum Gasteiger partial charge on any atom is -0.462 e. The van der Waals surface area contributed by atoms with Crippen LogP contribution < -0.4 is 0 Å². The van der Waals surface area contributed by atoms with Gasteiger partial charge in [-0.1, -0.05) is 13.0 Å². The molecule has 0 spiro atoms. The lowest BCUT2D eigenvalue weighted by molar-refractivity contribution is -0.137. The van der Waals surface area contributed by atoms with E-state index in [9.17, 15) is 18.0 Å². The average Bonchev–Trinajstić information content (AvgIpc) is 2.77. The molecule has 21 heavy (non-hydrogen) atoms. The molecule has 1 aromatic heterocycles. The summed E-state index contributed by atoms with van der Waals surface area (Å²) in [6.45, 7) is 3.85. The van der Waals surface area contributed by atoms with Gasteiger partial charge in [0, 0.05) is 15.0 Å². The first-order valence-electron chi connectivity index (χ1n) is 6.32. The van der Waals surface area contributed by atoms with Gasteiger partial charge < -0.3 is 4.74 Å². The maximum Gasteiger partial charge on any atom is 0.416 e. The largest absolute Gasteiger partial charge is 0.462 e. The van der Waals surface area contributed by atoms with E-state index in [1.54, 1.807) is 6.92 Å². The summed E-state index contributed by atoms with van der Waals surface area (Å²) in [5, 5.41) is 0.669. The van der Waals surface area contributed by atoms with Gasteiger partial charge in [-0.3, -0.25) is 0 Å². The number of thioether (sulfide) groups is 1. The van der Waals surface area contributed by atoms with Crippen molar-refractivity contribution in [2.45, 2.75) is 24.9 Å². The van der Waals surface area contributed by atoms with E-state index in [0.29, 0.717) is 19.9 Å². The molecule has 2 nitrogen and oxygen atoms in total. The Kier molecular flexibility index (Phi) is 4.83. The van der Waals surface area contributed by atoms with Crippen molar-refractivity contribution in [1.29, 1.82) is 0 Å². The Hall–Kier alpha value is -1.21. The van der Waals surface area contributed by atoms with Gasteiger partial charge in [0.25, 0.3) is 0 Å². The highest BCUT2D eigenvalue weighted by atomic mass is 32.2. The first-order valence-corrected chi connectivity index (χ1v) is 8.12. The van der Waals surface area contributed by atoms with Crippen molar-refractivity contribution in [3.8, 4) is 0 Å². The van der Waals surface area contributed by atoms with Crippen molar-refractivity contribution in [2.24, 2.45) is 0 Å². The molecule has 2 aromatic rings. The van der Waals surface area contributed by atoms with Crippen LogP contribution in [0.25, 0.3) is 10.1 Å². The van der Waals surface area contributed by atoms with Crippen LogP contribution in [0.1, 0.15) is 29.1 Å². The van der Waals surface area contributed by atoms with Crippen LogP contribution in [-0.4, -0.2) is 18.3 Å². The number of thiophene rings is 1. The van der Waals surface area contributed by atoms with Gasteiger partial charge in [-0.05, 0) is 24.8 Å². The lowest BCUT2D eigenvalue weighted by atomic mass is 10.1. The van der Waals surface area contributed by atoms with E-state index < -0.39 is 17.7 Å². The topological polar surface area (TPSA) is 26.3 Å². The third-order valence-electron chi connectivity index (χ3n) is 2.72. The molecule has 0 aliphatic carbocycles. The Morgan fingerprint density at radius 2 is 2.05 bits per heavy atom. The van der Waals surface area contributed by atoms with Crippen LogP contribution >= 0.6 is 23.1 Å². The van der Waals surface area contributed by atoms with Gasteiger partial charge in [0.05, 0.1) is 12.2 Å². The van der Waals surface area contributed by atoms with Crippen LogP contribution in [0.2, 0.25) is 0 Å². The van der Waals surface area contributed by atoms with Gasteiger partial charge in [-0.25, -0.2) is 4.79 Å². The monoisotopic (exact) mass is 334 g/mol. The average molecular weight is 334 g/mol. The lowest BCUT2D eigenvalue weighted by Crippen LogP contribution is -2.03. The fourth-order valence-corrected chi connectivity index (χ4v) is 4.10. The van der Waals surface area contributed by atoms with E-state index in [0.717, 1.165) is 29.2 Å². The van der Waals surface area contributed by atoms with Gasteiger partial charge in [-0.2, -0.15) is 13.2 Å². The Morgan fingerprint density at radius 3 is 2.62 bits per heavy atom. The molecule has 0 radical (unpaired) electrons. The molecular weight excluding hydrogens is 321 g/mol. The highest BCUT2D eigenvalue weighted by molar-refractivity contribution is 7.99. The summed E-state index contributed by atoms with van der Waals surface area (Å²) in [4.78, 5) is 13.0. The summed E-state index contributed by atoms with van der Waals surface area (Å²) >= 11 is 2.48. The smallest absolute Gasteiger partial charge is 0.416 e. The van der Waals surface area contributed by atoms with E-state index in [1.165, 1.54) is 17.8 Å². The maximum atomic E-state index is 12.8. The van der Waals surface area contributed by atoms with E-state index in [1.807, 2.05) is 6.92 Å². The number of esters is 1. The molecule has 0 saturated heterocycles. The standard InChI is InChI=1S/C14H13F3O2S2/c1-3-19-13(18)12-11(20-4-2)9-6-5-8(14(15,16)17)7-10(9)21-12/h5-7H,3-4H2,1-2H3. The van der Waals surface area contributed by atoms with Gasteiger partial charge in [0.1, 0.15) is 4.88 Å². The Morgan fingerprint density at radius 1 is 1.33 bits per heavy atom. The van der Waals surface area contributed by atoms with Crippen LogP contribution in [-0.2, 0) is 10.9 Å². The Bertz CT molecular complexity index is 662. The third kappa shape index (κ3) is 3.35. The number of fused-ring (bicyclic) bond motifs is 1. The quantitative estimate of drug-likeness (QED) is 0.567. The van der Waals surface area contributed by atoms with Crippen LogP contribution in [0.3, 0.4) is 0 Å². The summed E-state index contributed by atoms with van der Waals surface area (Å²) in [5.74, 6) is 0.238. The number of alkyl halides is 3. The molecule has 1 heterocycles. The summed E-state index contributed by atoms with van der Waals surface area (Å²) in [6.07, 6.45) is -4.39. The van der Waals surface area contributed by atoms with Gasteiger partial charge >= 0.3 is 12.1 Å². The van der Waals surface area contributed by atoms with Crippen LogP contribution in [0, 0.1) is 0 Å². The number of hydrogen-bond donors (Lipinski definition) is 0. The molecular formula is C14H13F3O2S2. The van der Waals surface area contributed by atoms with Crippen LogP contribution in [0.5, 0.6) is 0 Å². The molecule has 2 rings (SSSR count). The number of carbonyl (C=O) groups excluding carboxylic acids is 1. The summed E-state index contributed by atoms with van der Waals surface area (Å²) in [5.41, 5.74) is -0.709. The molecule has 0 saturated carbocycles. The van der Waals surface area contributed by atoms with Crippen molar-refractivity contribution in [2.75, 3.05) is 12.4 Å². The molecule has 0 fully saturated rings. The fraction of sp³-hybridized carbons (Fsp3) is 0.357. The van der Waals surface area contributed by atoms with Crippen LogP contribution in [0.4, 0.5) is 13.2 Å². The normalized spacial score (nSPS) is 11.9. The molecule has 114 valence electrons. The molecule has 0 aliphatic rings. The molecule has 0 amide bonds. The fourth-order valence-electron chi connectivity index (χ4n) is 1.87. The van der Waals surface area contributed by atoms with E-state index >= 15 is 0 Å². The summed E-state index contributed by atoms with van der Waals surface area (Å²) < 4.78 is 43.7. The molecule has 0 aliphatic heterocycles. The number of halogens is 3. The predicted molar refractivity (Wildman–Crippen MR) is 79.2 cm³/mol.